The highest BCUT2D eigenvalue weighted by atomic mass is 32.2. The molecule has 0 aromatic heterocycles. The molecule has 1 aromatic rings. The van der Waals surface area contributed by atoms with Crippen LogP contribution in [0.25, 0.3) is 0 Å². The van der Waals surface area contributed by atoms with Gasteiger partial charge in [0.05, 0.1) is 9.82 Å². The SMILES string of the molecule is CNCC1CCCN(S(=O)(=O)c2cccc([N+](=O)[O-])c2)C1. The minimum atomic E-state index is -3.67. The van der Waals surface area contributed by atoms with Crippen molar-refractivity contribution in [2.24, 2.45) is 5.92 Å². The van der Waals surface area contributed by atoms with Crippen molar-refractivity contribution in [2.75, 3.05) is 26.7 Å². The second kappa shape index (κ2) is 6.50. The number of non-ortho nitro benzene ring substituents is 1. The van der Waals surface area contributed by atoms with Crippen LogP contribution < -0.4 is 5.32 Å². The minimum absolute atomic E-state index is 0.0122. The zero-order valence-electron chi connectivity index (χ0n) is 11.9. The highest BCUT2D eigenvalue weighted by Gasteiger charge is 2.30. The molecule has 1 aliphatic rings. The summed E-state index contributed by atoms with van der Waals surface area (Å²) in [7, 11) is -1.83. The van der Waals surface area contributed by atoms with E-state index in [0.29, 0.717) is 13.1 Å². The molecule has 0 aliphatic carbocycles. The van der Waals surface area contributed by atoms with E-state index in [9.17, 15) is 18.5 Å². The van der Waals surface area contributed by atoms with Gasteiger partial charge < -0.3 is 5.32 Å². The lowest BCUT2D eigenvalue weighted by molar-refractivity contribution is -0.385. The lowest BCUT2D eigenvalue weighted by Crippen LogP contribution is -2.42. The van der Waals surface area contributed by atoms with Gasteiger partial charge in [0.2, 0.25) is 10.0 Å². The number of benzene rings is 1. The molecule has 1 fully saturated rings. The van der Waals surface area contributed by atoms with Crippen LogP contribution in [0.2, 0.25) is 0 Å². The lowest BCUT2D eigenvalue weighted by atomic mass is 10.00. The number of rotatable bonds is 5. The number of nitrogens with one attached hydrogen (secondary N) is 1. The van der Waals surface area contributed by atoms with Crippen molar-refractivity contribution in [3.8, 4) is 0 Å². The summed E-state index contributed by atoms with van der Waals surface area (Å²) in [5, 5.41) is 13.8. The maximum atomic E-state index is 12.6. The van der Waals surface area contributed by atoms with Crippen LogP contribution in [0.4, 0.5) is 5.69 Å². The smallest absolute Gasteiger partial charge is 0.270 e. The van der Waals surface area contributed by atoms with Crippen LogP contribution in [0.3, 0.4) is 0 Å². The molecule has 0 saturated carbocycles. The molecule has 21 heavy (non-hydrogen) atoms. The summed E-state index contributed by atoms with van der Waals surface area (Å²) in [6, 6.07) is 5.22. The molecule has 2 rings (SSSR count). The molecular weight excluding hydrogens is 294 g/mol. The van der Waals surface area contributed by atoms with Crippen LogP contribution in [0.1, 0.15) is 12.8 Å². The number of nitro benzene ring substituents is 1. The van der Waals surface area contributed by atoms with Gasteiger partial charge in [-0.2, -0.15) is 4.31 Å². The van der Waals surface area contributed by atoms with Crippen molar-refractivity contribution in [2.45, 2.75) is 17.7 Å². The topological polar surface area (TPSA) is 92.6 Å². The Balaban J connectivity index is 2.25. The molecule has 1 N–H and O–H groups in total. The molecule has 1 aliphatic heterocycles. The first kappa shape index (κ1) is 15.9. The van der Waals surface area contributed by atoms with Crippen LogP contribution in [-0.2, 0) is 10.0 Å². The van der Waals surface area contributed by atoms with Gasteiger partial charge in [0, 0.05) is 25.2 Å². The lowest BCUT2D eigenvalue weighted by Gasteiger charge is -2.31. The van der Waals surface area contributed by atoms with Crippen LogP contribution >= 0.6 is 0 Å². The molecule has 0 radical (unpaired) electrons. The molecule has 0 amide bonds. The third-order valence-corrected chi connectivity index (χ3v) is 5.50. The Morgan fingerprint density at radius 2 is 2.24 bits per heavy atom. The molecule has 1 aromatic carbocycles. The van der Waals surface area contributed by atoms with Gasteiger partial charge in [-0.1, -0.05) is 6.07 Å². The number of nitrogens with zero attached hydrogens (tertiary/aromatic N) is 2. The zero-order valence-corrected chi connectivity index (χ0v) is 12.7. The van der Waals surface area contributed by atoms with E-state index in [2.05, 4.69) is 5.32 Å². The first-order valence-electron chi connectivity index (χ1n) is 6.84. The fourth-order valence-corrected chi connectivity index (χ4v) is 4.20. The quantitative estimate of drug-likeness (QED) is 0.651. The summed E-state index contributed by atoms with van der Waals surface area (Å²) in [5.41, 5.74) is -0.208. The molecule has 1 unspecified atom stereocenters. The molecule has 0 spiro atoms. The zero-order chi connectivity index (χ0) is 15.5. The summed E-state index contributed by atoms with van der Waals surface area (Å²) in [6.45, 7) is 1.68. The van der Waals surface area contributed by atoms with Crippen molar-refractivity contribution in [1.82, 2.24) is 9.62 Å². The Morgan fingerprint density at radius 1 is 1.48 bits per heavy atom. The Labute approximate surface area is 124 Å². The molecule has 7 nitrogen and oxygen atoms in total. The first-order chi connectivity index (χ1) is 9.95. The summed E-state index contributed by atoms with van der Waals surface area (Å²) in [4.78, 5) is 10.2. The van der Waals surface area contributed by atoms with Gasteiger partial charge in [-0.15, -0.1) is 0 Å². The molecule has 1 saturated heterocycles. The van der Waals surface area contributed by atoms with E-state index in [4.69, 9.17) is 0 Å². The molecule has 116 valence electrons. The van der Waals surface area contributed by atoms with E-state index in [1.54, 1.807) is 0 Å². The Bertz CT molecular complexity index is 616. The van der Waals surface area contributed by atoms with Gasteiger partial charge in [0.25, 0.3) is 5.69 Å². The van der Waals surface area contributed by atoms with E-state index < -0.39 is 14.9 Å². The number of piperidine rings is 1. The summed E-state index contributed by atoms with van der Waals surface area (Å²) in [5.74, 6) is 0.275. The van der Waals surface area contributed by atoms with Gasteiger partial charge in [-0.05, 0) is 38.4 Å². The number of hydrogen-bond acceptors (Lipinski definition) is 5. The maximum Gasteiger partial charge on any atom is 0.270 e. The number of sulfonamides is 1. The molecule has 1 atom stereocenters. The third-order valence-electron chi connectivity index (χ3n) is 3.64. The average molecular weight is 313 g/mol. The largest absolute Gasteiger partial charge is 0.319 e. The predicted molar refractivity (Wildman–Crippen MR) is 78.5 cm³/mol. The van der Waals surface area contributed by atoms with E-state index in [1.165, 1.54) is 22.5 Å². The summed E-state index contributed by atoms with van der Waals surface area (Å²) >= 11 is 0. The minimum Gasteiger partial charge on any atom is -0.319 e. The summed E-state index contributed by atoms with van der Waals surface area (Å²) in [6.07, 6.45) is 1.79. The third kappa shape index (κ3) is 3.58. The van der Waals surface area contributed by atoms with E-state index in [-0.39, 0.29) is 16.5 Å². The first-order valence-corrected chi connectivity index (χ1v) is 8.28. The van der Waals surface area contributed by atoms with Crippen molar-refractivity contribution < 1.29 is 13.3 Å². The van der Waals surface area contributed by atoms with Crippen LogP contribution in [0, 0.1) is 16.0 Å². The fourth-order valence-electron chi connectivity index (χ4n) is 2.61. The van der Waals surface area contributed by atoms with Gasteiger partial charge in [-0.25, -0.2) is 8.42 Å². The second-order valence-electron chi connectivity index (χ2n) is 5.18. The Morgan fingerprint density at radius 3 is 2.90 bits per heavy atom. The van der Waals surface area contributed by atoms with Gasteiger partial charge >= 0.3 is 0 Å². The van der Waals surface area contributed by atoms with Crippen molar-refractivity contribution in [3.05, 3.63) is 34.4 Å². The van der Waals surface area contributed by atoms with Crippen LogP contribution in [0.15, 0.2) is 29.2 Å². The maximum absolute atomic E-state index is 12.6. The highest BCUT2D eigenvalue weighted by Crippen LogP contribution is 2.25. The normalized spacial score (nSPS) is 20.3. The van der Waals surface area contributed by atoms with Crippen LogP contribution in [-0.4, -0.2) is 44.3 Å². The monoisotopic (exact) mass is 313 g/mol. The second-order valence-corrected chi connectivity index (χ2v) is 7.12. The van der Waals surface area contributed by atoms with Crippen LogP contribution in [0.5, 0.6) is 0 Å². The number of nitro groups is 1. The van der Waals surface area contributed by atoms with E-state index >= 15 is 0 Å². The highest BCUT2D eigenvalue weighted by molar-refractivity contribution is 7.89. The molecular formula is C13H19N3O4S. The van der Waals surface area contributed by atoms with Gasteiger partial charge in [0.15, 0.2) is 0 Å². The average Bonchev–Trinajstić information content (AvgIpc) is 2.48. The number of hydrogen-bond donors (Lipinski definition) is 1. The molecule has 1 heterocycles. The fraction of sp³-hybridized carbons (Fsp3) is 0.538. The molecule has 0 bridgehead atoms. The molecule has 8 heteroatoms. The summed E-state index contributed by atoms with van der Waals surface area (Å²) < 4.78 is 26.6. The Hall–Kier alpha value is -1.51. The van der Waals surface area contributed by atoms with Crippen molar-refractivity contribution in [1.29, 1.82) is 0 Å². The van der Waals surface area contributed by atoms with Crippen molar-refractivity contribution >= 4 is 15.7 Å². The van der Waals surface area contributed by atoms with Crippen molar-refractivity contribution in [3.63, 3.8) is 0 Å². The van der Waals surface area contributed by atoms with Gasteiger partial charge in [-0.3, -0.25) is 10.1 Å². The standard InChI is InChI=1S/C13H19N3O4S/c1-14-9-11-4-3-7-15(10-11)21(19,20)13-6-2-5-12(8-13)16(17)18/h2,5-6,8,11,14H,3-4,7,9-10H2,1H3. The van der Waals surface area contributed by atoms with E-state index in [1.807, 2.05) is 7.05 Å². The predicted octanol–water partition coefficient (Wildman–Crippen LogP) is 1.21. The van der Waals surface area contributed by atoms with Gasteiger partial charge in [0.1, 0.15) is 0 Å². The van der Waals surface area contributed by atoms with E-state index in [0.717, 1.165) is 25.5 Å². The Kier molecular flexibility index (Phi) is 4.92.